The summed E-state index contributed by atoms with van der Waals surface area (Å²) >= 11 is 5.94. The molecule has 5 heteroatoms. The zero-order valence-electron chi connectivity index (χ0n) is 14.2. The predicted octanol–water partition coefficient (Wildman–Crippen LogP) is 4.55. The van der Waals surface area contributed by atoms with Gasteiger partial charge in [0.2, 0.25) is 0 Å². The van der Waals surface area contributed by atoms with Gasteiger partial charge in [-0.3, -0.25) is 0 Å². The Morgan fingerprint density at radius 2 is 1.79 bits per heavy atom. The molecular weight excluding hydrogens is 324 g/mol. The topological polar surface area (TPSA) is 50.4 Å². The van der Waals surface area contributed by atoms with Crippen molar-refractivity contribution in [3.8, 4) is 5.75 Å². The van der Waals surface area contributed by atoms with Crippen molar-refractivity contribution >= 4 is 17.6 Å². The first kappa shape index (κ1) is 18.1. The quantitative estimate of drug-likeness (QED) is 0.806. The van der Waals surface area contributed by atoms with E-state index >= 15 is 0 Å². The third-order valence-corrected chi connectivity index (χ3v) is 4.07. The summed E-state index contributed by atoms with van der Waals surface area (Å²) in [5.74, 6) is 1.01. The van der Waals surface area contributed by atoms with Crippen LogP contribution in [0, 0.1) is 5.92 Å². The molecule has 4 nitrogen and oxygen atoms in total. The van der Waals surface area contributed by atoms with Gasteiger partial charge < -0.3 is 15.4 Å². The fourth-order valence-corrected chi connectivity index (χ4v) is 2.65. The molecule has 0 bridgehead atoms. The van der Waals surface area contributed by atoms with Crippen molar-refractivity contribution in [2.24, 2.45) is 5.92 Å². The van der Waals surface area contributed by atoms with Crippen LogP contribution in [0.1, 0.15) is 31.0 Å². The summed E-state index contributed by atoms with van der Waals surface area (Å²) in [6.45, 7) is 4.54. The molecule has 2 rings (SSSR count). The van der Waals surface area contributed by atoms with Gasteiger partial charge in [0.15, 0.2) is 0 Å². The van der Waals surface area contributed by atoms with Crippen LogP contribution in [-0.2, 0) is 6.54 Å². The molecule has 0 unspecified atom stereocenters. The van der Waals surface area contributed by atoms with Crippen LogP contribution in [0.2, 0.25) is 5.02 Å². The third-order valence-electron chi connectivity index (χ3n) is 3.81. The lowest BCUT2D eigenvalue weighted by molar-refractivity contribution is 0.232. The molecule has 0 spiro atoms. The Morgan fingerprint density at radius 1 is 1.12 bits per heavy atom. The number of nitrogens with one attached hydrogen (secondary N) is 2. The smallest absolute Gasteiger partial charge is 0.315 e. The van der Waals surface area contributed by atoms with E-state index in [1.54, 1.807) is 7.11 Å². The Kier molecular flexibility index (Phi) is 6.50. The van der Waals surface area contributed by atoms with Gasteiger partial charge in [-0.25, -0.2) is 4.79 Å². The van der Waals surface area contributed by atoms with E-state index in [-0.39, 0.29) is 18.0 Å². The summed E-state index contributed by atoms with van der Waals surface area (Å²) in [4.78, 5) is 12.3. The summed E-state index contributed by atoms with van der Waals surface area (Å²) in [5.41, 5.74) is 1.96. The van der Waals surface area contributed by atoms with Crippen molar-refractivity contribution in [2.45, 2.75) is 26.4 Å². The van der Waals surface area contributed by atoms with Crippen LogP contribution < -0.4 is 15.4 Å². The zero-order chi connectivity index (χ0) is 17.5. The maximum atomic E-state index is 12.3. The van der Waals surface area contributed by atoms with Gasteiger partial charge in [-0.2, -0.15) is 0 Å². The van der Waals surface area contributed by atoms with Crippen LogP contribution in [-0.4, -0.2) is 13.1 Å². The number of amides is 2. The normalized spacial score (nSPS) is 11.9. The number of rotatable bonds is 6. The number of ether oxygens (including phenoxy) is 1. The molecule has 0 saturated carbocycles. The van der Waals surface area contributed by atoms with Crippen molar-refractivity contribution in [3.63, 3.8) is 0 Å². The molecular formula is C19H23ClN2O2. The summed E-state index contributed by atoms with van der Waals surface area (Å²) in [7, 11) is 1.62. The molecule has 2 aromatic carbocycles. The Morgan fingerprint density at radius 3 is 2.42 bits per heavy atom. The van der Waals surface area contributed by atoms with E-state index in [4.69, 9.17) is 16.3 Å². The first-order valence-corrected chi connectivity index (χ1v) is 8.30. The summed E-state index contributed by atoms with van der Waals surface area (Å²) in [6, 6.07) is 14.9. The highest BCUT2D eigenvalue weighted by atomic mass is 35.5. The number of methoxy groups -OCH3 is 1. The van der Waals surface area contributed by atoms with Gasteiger partial charge in [-0.1, -0.05) is 55.8 Å². The number of benzene rings is 2. The van der Waals surface area contributed by atoms with Crippen LogP contribution >= 0.6 is 11.6 Å². The standard InChI is InChI=1S/C19H23ClN2O2/c1-13(2)18(14-8-10-16(20)11-9-14)22-19(23)21-12-15-6-4-5-7-17(15)24-3/h4-11,13,18H,12H2,1-3H3,(H2,21,22,23)/t18-/m0/s1. The Labute approximate surface area is 148 Å². The second-order valence-electron chi connectivity index (χ2n) is 5.91. The van der Waals surface area contributed by atoms with E-state index in [9.17, 15) is 4.79 Å². The third kappa shape index (κ3) is 4.90. The fourth-order valence-electron chi connectivity index (χ4n) is 2.52. The SMILES string of the molecule is COc1ccccc1CNC(=O)N[C@H](c1ccc(Cl)cc1)C(C)C. The first-order valence-electron chi connectivity index (χ1n) is 7.93. The van der Waals surface area contributed by atoms with E-state index in [2.05, 4.69) is 24.5 Å². The molecule has 24 heavy (non-hydrogen) atoms. The Balaban J connectivity index is 1.99. The molecule has 0 fully saturated rings. The van der Waals surface area contributed by atoms with Gasteiger partial charge in [0.1, 0.15) is 5.75 Å². The second-order valence-corrected chi connectivity index (χ2v) is 6.35. The zero-order valence-corrected chi connectivity index (χ0v) is 14.9. The highest BCUT2D eigenvalue weighted by Crippen LogP contribution is 2.23. The lowest BCUT2D eigenvalue weighted by Gasteiger charge is -2.23. The molecule has 2 amide bonds. The van der Waals surface area contributed by atoms with E-state index in [0.717, 1.165) is 16.9 Å². The predicted molar refractivity (Wildman–Crippen MR) is 97.4 cm³/mol. The monoisotopic (exact) mass is 346 g/mol. The van der Waals surface area contributed by atoms with Crippen LogP contribution in [0.25, 0.3) is 0 Å². The number of urea groups is 1. The summed E-state index contributed by atoms with van der Waals surface area (Å²) in [6.07, 6.45) is 0. The maximum Gasteiger partial charge on any atom is 0.315 e. The van der Waals surface area contributed by atoms with Crippen molar-refractivity contribution in [2.75, 3.05) is 7.11 Å². The van der Waals surface area contributed by atoms with Gasteiger partial charge in [0.05, 0.1) is 13.2 Å². The van der Waals surface area contributed by atoms with Gasteiger partial charge in [0, 0.05) is 17.1 Å². The van der Waals surface area contributed by atoms with Crippen LogP contribution in [0.3, 0.4) is 0 Å². The van der Waals surface area contributed by atoms with Crippen molar-refractivity contribution < 1.29 is 9.53 Å². The second kappa shape index (κ2) is 8.60. The van der Waals surface area contributed by atoms with Crippen LogP contribution in [0.5, 0.6) is 5.75 Å². The van der Waals surface area contributed by atoms with Gasteiger partial charge in [0.25, 0.3) is 0 Å². The minimum atomic E-state index is -0.213. The molecule has 0 saturated heterocycles. The average molecular weight is 347 g/mol. The van der Waals surface area contributed by atoms with E-state index < -0.39 is 0 Å². The lowest BCUT2D eigenvalue weighted by atomic mass is 9.96. The highest BCUT2D eigenvalue weighted by Gasteiger charge is 2.18. The molecule has 0 radical (unpaired) electrons. The molecule has 0 aliphatic heterocycles. The molecule has 2 aromatic rings. The number of halogens is 1. The molecule has 0 aliphatic carbocycles. The van der Waals surface area contributed by atoms with Gasteiger partial charge in [-0.05, 0) is 29.7 Å². The van der Waals surface area contributed by atoms with Gasteiger partial charge in [-0.15, -0.1) is 0 Å². The van der Waals surface area contributed by atoms with Crippen molar-refractivity contribution in [3.05, 3.63) is 64.7 Å². The van der Waals surface area contributed by atoms with E-state index in [1.165, 1.54) is 0 Å². The maximum absolute atomic E-state index is 12.3. The minimum absolute atomic E-state index is 0.0834. The summed E-state index contributed by atoms with van der Waals surface area (Å²) < 4.78 is 5.29. The molecule has 0 aromatic heterocycles. The average Bonchev–Trinajstić information content (AvgIpc) is 2.58. The van der Waals surface area contributed by atoms with Crippen LogP contribution in [0.15, 0.2) is 48.5 Å². The van der Waals surface area contributed by atoms with E-state index in [0.29, 0.717) is 11.6 Å². The number of carbonyl (C=O) groups is 1. The molecule has 2 N–H and O–H groups in total. The molecule has 0 heterocycles. The number of hydrogen-bond acceptors (Lipinski definition) is 2. The molecule has 128 valence electrons. The number of carbonyl (C=O) groups excluding carboxylic acids is 1. The molecule has 0 aliphatic rings. The van der Waals surface area contributed by atoms with E-state index in [1.807, 2.05) is 48.5 Å². The first-order chi connectivity index (χ1) is 11.5. The minimum Gasteiger partial charge on any atom is -0.496 e. The van der Waals surface area contributed by atoms with Gasteiger partial charge >= 0.3 is 6.03 Å². The Hall–Kier alpha value is -2.20. The fraction of sp³-hybridized carbons (Fsp3) is 0.316. The highest BCUT2D eigenvalue weighted by molar-refractivity contribution is 6.30. The van der Waals surface area contributed by atoms with Crippen LogP contribution in [0.4, 0.5) is 4.79 Å². The summed E-state index contributed by atoms with van der Waals surface area (Å²) in [5, 5.41) is 6.59. The number of para-hydroxylation sites is 1. The number of hydrogen-bond donors (Lipinski definition) is 2. The largest absolute Gasteiger partial charge is 0.496 e. The van der Waals surface area contributed by atoms with Crippen molar-refractivity contribution in [1.82, 2.24) is 10.6 Å². The van der Waals surface area contributed by atoms with Crippen molar-refractivity contribution in [1.29, 1.82) is 0 Å². The lowest BCUT2D eigenvalue weighted by Crippen LogP contribution is -2.39. The molecule has 1 atom stereocenters. The Bertz CT molecular complexity index is 671.